The third kappa shape index (κ3) is 3.80. The molecule has 0 aliphatic heterocycles. The zero-order chi connectivity index (χ0) is 23.1. The average molecular weight is 467 g/mol. The van der Waals surface area contributed by atoms with Crippen molar-refractivity contribution in [1.29, 1.82) is 0 Å². The quantitative estimate of drug-likeness (QED) is 0.390. The van der Waals surface area contributed by atoms with Crippen LogP contribution < -0.4 is 5.69 Å². The van der Waals surface area contributed by atoms with Gasteiger partial charge in [-0.15, -0.1) is 0 Å². The van der Waals surface area contributed by atoms with Crippen LogP contribution in [0.1, 0.15) is 5.56 Å². The summed E-state index contributed by atoms with van der Waals surface area (Å²) in [6.07, 6.45) is 3.31. The van der Waals surface area contributed by atoms with Crippen molar-refractivity contribution in [2.24, 2.45) is 0 Å². The van der Waals surface area contributed by atoms with Gasteiger partial charge in [0.1, 0.15) is 18.5 Å². The molecule has 8 nitrogen and oxygen atoms in total. The minimum atomic E-state index is -0.853. The topological polar surface area (TPSA) is 91.6 Å². The summed E-state index contributed by atoms with van der Waals surface area (Å²) in [6.45, 7) is 1.90. The van der Waals surface area contributed by atoms with E-state index in [0.29, 0.717) is 5.56 Å². The number of aryl methyl sites for hydroxylation is 1. The number of rotatable bonds is 4. The molecule has 0 amide bonds. The van der Waals surface area contributed by atoms with Gasteiger partial charge in [-0.3, -0.25) is 0 Å². The van der Waals surface area contributed by atoms with Crippen molar-refractivity contribution in [3.8, 4) is 34.4 Å². The highest BCUT2D eigenvalue weighted by Gasteiger charge is 2.22. The third-order valence-electron chi connectivity index (χ3n) is 4.78. The Morgan fingerprint density at radius 2 is 1.85 bits per heavy atom. The molecule has 33 heavy (non-hydrogen) atoms. The zero-order valence-electron chi connectivity index (χ0n) is 16.9. The molecule has 0 aliphatic carbocycles. The van der Waals surface area contributed by atoms with Crippen molar-refractivity contribution in [2.45, 2.75) is 6.92 Å². The second kappa shape index (κ2) is 8.06. The van der Waals surface area contributed by atoms with Gasteiger partial charge < -0.3 is 4.42 Å². The first-order valence-electron chi connectivity index (χ1n) is 9.58. The third-order valence-corrected chi connectivity index (χ3v) is 5.09. The SMILES string of the molecule is Cc1cccc(-c2nc(-n3cc(F)c(-n4cncn4)nc3=O)c(-c3ccc(Cl)c(F)c3)o2)c1. The van der Waals surface area contributed by atoms with Gasteiger partial charge in [0, 0.05) is 11.1 Å². The van der Waals surface area contributed by atoms with Gasteiger partial charge in [-0.1, -0.05) is 29.3 Å². The Balaban J connectivity index is 1.73. The lowest BCUT2D eigenvalue weighted by Crippen LogP contribution is -2.25. The molecule has 0 radical (unpaired) electrons. The molecule has 11 heteroatoms. The van der Waals surface area contributed by atoms with Crippen LogP contribution in [-0.4, -0.2) is 29.3 Å². The molecule has 0 atom stereocenters. The van der Waals surface area contributed by atoms with E-state index in [4.69, 9.17) is 16.0 Å². The lowest BCUT2D eigenvalue weighted by molar-refractivity contribution is 0.575. The number of oxazole rings is 1. The zero-order valence-corrected chi connectivity index (χ0v) is 17.7. The van der Waals surface area contributed by atoms with Crippen LogP contribution >= 0.6 is 11.6 Å². The van der Waals surface area contributed by atoms with Crippen molar-refractivity contribution in [3.05, 3.63) is 94.0 Å². The molecule has 5 rings (SSSR count). The smallest absolute Gasteiger partial charge is 0.355 e. The first-order chi connectivity index (χ1) is 15.9. The summed E-state index contributed by atoms with van der Waals surface area (Å²) in [7, 11) is 0. The molecule has 5 aromatic rings. The highest BCUT2D eigenvalue weighted by molar-refractivity contribution is 6.30. The summed E-state index contributed by atoms with van der Waals surface area (Å²) in [5.41, 5.74) is 0.985. The Kier molecular flexibility index (Phi) is 5.06. The molecule has 2 aromatic carbocycles. The van der Waals surface area contributed by atoms with E-state index in [1.54, 1.807) is 6.07 Å². The van der Waals surface area contributed by atoms with E-state index >= 15 is 0 Å². The Morgan fingerprint density at radius 1 is 1.00 bits per heavy atom. The van der Waals surface area contributed by atoms with E-state index < -0.39 is 17.3 Å². The minimum absolute atomic E-state index is 0.0406. The number of benzene rings is 2. The maximum atomic E-state index is 14.9. The lowest BCUT2D eigenvalue weighted by atomic mass is 10.1. The van der Waals surface area contributed by atoms with Crippen LogP contribution in [0.25, 0.3) is 34.4 Å². The van der Waals surface area contributed by atoms with E-state index in [1.807, 2.05) is 25.1 Å². The molecule has 0 bridgehead atoms. The van der Waals surface area contributed by atoms with E-state index in [0.717, 1.165) is 27.1 Å². The Hall–Kier alpha value is -4.18. The van der Waals surface area contributed by atoms with Gasteiger partial charge in [-0.05, 0) is 37.3 Å². The highest BCUT2D eigenvalue weighted by Crippen LogP contribution is 2.33. The van der Waals surface area contributed by atoms with Gasteiger partial charge in [0.25, 0.3) is 0 Å². The average Bonchev–Trinajstić information content (AvgIpc) is 3.47. The summed E-state index contributed by atoms with van der Waals surface area (Å²) >= 11 is 5.81. The fraction of sp³-hybridized carbons (Fsp3) is 0.0455. The Labute approximate surface area is 189 Å². The number of hydrogen-bond donors (Lipinski definition) is 0. The Bertz CT molecular complexity index is 1550. The largest absolute Gasteiger partial charge is 0.434 e. The van der Waals surface area contributed by atoms with Gasteiger partial charge in [0.2, 0.25) is 5.89 Å². The molecule has 0 aliphatic rings. The molecular formula is C22H13ClF2N6O2. The van der Waals surface area contributed by atoms with Crippen molar-refractivity contribution in [3.63, 3.8) is 0 Å². The van der Waals surface area contributed by atoms with Gasteiger partial charge in [0.15, 0.2) is 23.2 Å². The van der Waals surface area contributed by atoms with Crippen LogP contribution in [-0.2, 0) is 0 Å². The number of halogens is 3. The second-order valence-corrected chi connectivity index (χ2v) is 7.48. The van der Waals surface area contributed by atoms with Gasteiger partial charge in [0.05, 0.1) is 11.2 Å². The predicted octanol–water partition coefficient (Wildman–Crippen LogP) is 4.38. The molecule has 0 saturated carbocycles. The summed E-state index contributed by atoms with van der Waals surface area (Å²) in [4.78, 5) is 24.7. The van der Waals surface area contributed by atoms with Gasteiger partial charge >= 0.3 is 5.69 Å². The normalized spacial score (nSPS) is 11.2. The molecule has 3 aromatic heterocycles. The number of nitrogens with zero attached hydrogens (tertiary/aromatic N) is 6. The van der Waals surface area contributed by atoms with Crippen LogP contribution in [0.4, 0.5) is 8.78 Å². The molecule has 0 N–H and O–H groups in total. The maximum Gasteiger partial charge on any atom is 0.355 e. The van der Waals surface area contributed by atoms with Crippen LogP contribution in [0, 0.1) is 18.6 Å². The highest BCUT2D eigenvalue weighted by atomic mass is 35.5. The Morgan fingerprint density at radius 3 is 2.58 bits per heavy atom. The van der Waals surface area contributed by atoms with Crippen LogP contribution in [0.15, 0.2) is 70.5 Å². The molecule has 0 unspecified atom stereocenters. The molecule has 3 heterocycles. The molecular weight excluding hydrogens is 454 g/mol. The molecule has 0 fully saturated rings. The summed E-state index contributed by atoms with van der Waals surface area (Å²) in [5, 5.41) is 3.71. The molecule has 0 spiro atoms. The van der Waals surface area contributed by atoms with Gasteiger partial charge in [-0.2, -0.15) is 19.7 Å². The summed E-state index contributed by atoms with van der Waals surface area (Å²) in [6, 6.07) is 11.3. The van der Waals surface area contributed by atoms with Crippen LogP contribution in [0.5, 0.6) is 0 Å². The number of aromatic nitrogens is 6. The minimum Gasteiger partial charge on any atom is -0.434 e. The van der Waals surface area contributed by atoms with E-state index in [2.05, 4.69) is 20.1 Å². The first-order valence-corrected chi connectivity index (χ1v) is 9.96. The standard InChI is InChI=1S/C22H13ClF2N6O2/c1-12-3-2-4-14(7-12)21-28-20(18(33-21)13-5-6-15(23)16(24)8-13)30-9-17(25)19(29-22(30)32)31-11-26-10-27-31/h2-11H,1H3. The predicted molar refractivity (Wildman–Crippen MR) is 115 cm³/mol. The number of hydrogen-bond acceptors (Lipinski definition) is 6. The van der Waals surface area contributed by atoms with Crippen molar-refractivity contribution in [2.75, 3.05) is 0 Å². The molecule has 0 saturated heterocycles. The van der Waals surface area contributed by atoms with Crippen molar-refractivity contribution in [1.82, 2.24) is 29.3 Å². The van der Waals surface area contributed by atoms with Crippen molar-refractivity contribution < 1.29 is 13.2 Å². The second-order valence-electron chi connectivity index (χ2n) is 7.08. The van der Waals surface area contributed by atoms with Crippen LogP contribution in [0.2, 0.25) is 5.02 Å². The monoisotopic (exact) mass is 466 g/mol. The fourth-order valence-corrected chi connectivity index (χ4v) is 3.37. The van der Waals surface area contributed by atoms with Crippen LogP contribution in [0.3, 0.4) is 0 Å². The lowest BCUT2D eigenvalue weighted by Gasteiger charge is -2.07. The van der Waals surface area contributed by atoms with Crippen molar-refractivity contribution >= 4 is 11.6 Å². The van der Waals surface area contributed by atoms with Gasteiger partial charge in [-0.25, -0.2) is 23.1 Å². The maximum absolute atomic E-state index is 14.9. The first kappa shape index (κ1) is 20.7. The van der Waals surface area contributed by atoms with E-state index in [-0.39, 0.29) is 33.9 Å². The summed E-state index contributed by atoms with van der Waals surface area (Å²) in [5.74, 6) is -1.73. The van der Waals surface area contributed by atoms with E-state index in [1.165, 1.54) is 24.8 Å². The van der Waals surface area contributed by atoms with E-state index in [9.17, 15) is 13.6 Å². The fourth-order valence-electron chi connectivity index (χ4n) is 3.26. The molecule has 164 valence electrons. The summed E-state index contributed by atoms with van der Waals surface area (Å²) < 4.78 is 36.9.